The van der Waals surface area contributed by atoms with E-state index in [1.165, 1.54) is 5.57 Å². The molecule has 158 valence electrons. The van der Waals surface area contributed by atoms with E-state index < -0.39 is 21.0 Å². The molecule has 0 aliphatic heterocycles. The van der Waals surface area contributed by atoms with Crippen LogP contribution in [-0.2, 0) is 14.3 Å². The molecule has 8 heteroatoms. The molecule has 0 aromatic rings. The van der Waals surface area contributed by atoms with Gasteiger partial charge in [-0.1, -0.05) is 25.5 Å². The zero-order valence-corrected chi connectivity index (χ0v) is 16.9. The molecule has 0 spiro atoms. The third-order valence-corrected chi connectivity index (χ3v) is 9.04. The topological polar surface area (TPSA) is 63.6 Å². The number of allylic oxidation sites excluding steroid dienone is 3. The van der Waals surface area contributed by atoms with Gasteiger partial charge in [0.05, 0.1) is 6.10 Å². The first kappa shape index (κ1) is 20.3. The fraction of sp³-hybridized carbons (Fsp3) is 0.800. The van der Waals surface area contributed by atoms with E-state index in [0.717, 1.165) is 25.7 Å². The Morgan fingerprint density at radius 2 is 1.75 bits per heavy atom. The van der Waals surface area contributed by atoms with Crippen molar-refractivity contribution < 1.29 is 30.9 Å². The smallest absolute Gasteiger partial charge is 0.393 e. The third-order valence-electron chi connectivity index (χ3n) is 8.07. The highest BCUT2D eigenvalue weighted by Crippen LogP contribution is 2.65. The van der Waals surface area contributed by atoms with Gasteiger partial charge in [0.15, 0.2) is 0 Å². The van der Waals surface area contributed by atoms with E-state index >= 15 is 0 Å². The summed E-state index contributed by atoms with van der Waals surface area (Å²) in [6.45, 7) is 4.11. The van der Waals surface area contributed by atoms with Crippen LogP contribution in [0.5, 0.6) is 0 Å². The summed E-state index contributed by atoms with van der Waals surface area (Å²) in [5.74, 6) is 0.733. The molecule has 4 nitrogen and oxygen atoms in total. The summed E-state index contributed by atoms with van der Waals surface area (Å²) in [5.41, 5.74) is -4.77. The van der Waals surface area contributed by atoms with Gasteiger partial charge in [-0.3, -0.25) is 0 Å². The lowest BCUT2D eigenvalue weighted by molar-refractivity contribution is -0.0584. The van der Waals surface area contributed by atoms with Gasteiger partial charge in [0.1, 0.15) is 5.76 Å². The Kier molecular flexibility index (Phi) is 4.51. The number of hydrogen-bond acceptors (Lipinski definition) is 4. The maximum absolute atomic E-state index is 12.8. The van der Waals surface area contributed by atoms with Crippen molar-refractivity contribution in [1.29, 1.82) is 0 Å². The van der Waals surface area contributed by atoms with E-state index in [-0.39, 0.29) is 29.1 Å². The fourth-order valence-corrected chi connectivity index (χ4v) is 7.05. The zero-order chi connectivity index (χ0) is 20.5. The Hall–Kier alpha value is -1.02. The quantitative estimate of drug-likeness (QED) is 0.401. The highest BCUT2D eigenvalue weighted by atomic mass is 32.2. The van der Waals surface area contributed by atoms with Gasteiger partial charge < -0.3 is 9.29 Å². The molecule has 2 unspecified atom stereocenters. The van der Waals surface area contributed by atoms with Gasteiger partial charge in [-0.15, -0.1) is 0 Å². The predicted octanol–water partition coefficient (Wildman–Crippen LogP) is 4.67. The molecule has 0 aromatic heterocycles. The molecule has 0 bridgehead atoms. The Bertz CT molecular complexity index is 831. The molecule has 2 fully saturated rings. The van der Waals surface area contributed by atoms with Crippen LogP contribution in [0.4, 0.5) is 13.2 Å². The van der Waals surface area contributed by atoms with E-state index in [2.05, 4.69) is 17.2 Å². The Morgan fingerprint density at radius 1 is 1.07 bits per heavy atom. The minimum absolute atomic E-state index is 0.0190. The summed E-state index contributed by atoms with van der Waals surface area (Å²) in [6, 6.07) is 0. The summed E-state index contributed by atoms with van der Waals surface area (Å²) in [5, 5.41) is 10.0. The first-order chi connectivity index (χ1) is 12.9. The lowest BCUT2D eigenvalue weighted by atomic mass is 9.48. The molecule has 0 amide bonds. The molecule has 2 saturated carbocycles. The average molecular weight is 420 g/mol. The molecule has 28 heavy (non-hydrogen) atoms. The van der Waals surface area contributed by atoms with Crippen LogP contribution in [0.25, 0.3) is 0 Å². The zero-order valence-electron chi connectivity index (χ0n) is 16.1. The highest BCUT2D eigenvalue weighted by Gasteiger charge is 2.59. The second-order valence-corrected chi connectivity index (χ2v) is 10.9. The van der Waals surface area contributed by atoms with Crippen molar-refractivity contribution in [1.82, 2.24) is 0 Å². The molecule has 1 N–H and O–H groups in total. The average Bonchev–Trinajstić information content (AvgIpc) is 2.91. The van der Waals surface area contributed by atoms with Gasteiger partial charge in [0.25, 0.3) is 0 Å². The van der Waals surface area contributed by atoms with E-state index in [4.69, 9.17) is 0 Å². The largest absolute Gasteiger partial charge is 0.534 e. The SMILES string of the molecule is CC12CC[C@H](O)CC1=CCC1[C@@H]2CC[C@]2(C)C(OS(=O)(=O)C(F)(F)F)=CC[C@@H]12. The van der Waals surface area contributed by atoms with Crippen LogP contribution in [0.15, 0.2) is 23.5 Å². The van der Waals surface area contributed by atoms with Gasteiger partial charge in [0.2, 0.25) is 0 Å². The van der Waals surface area contributed by atoms with Crippen molar-refractivity contribution in [2.75, 3.05) is 0 Å². The monoisotopic (exact) mass is 420 g/mol. The molecule has 4 rings (SSSR count). The Morgan fingerprint density at radius 3 is 2.43 bits per heavy atom. The van der Waals surface area contributed by atoms with E-state index in [9.17, 15) is 26.7 Å². The Labute approximate surface area is 164 Å². The van der Waals surface area contributed by atoms with Crippen LogP contribution in [-0.4, -0.2) is 25.1 Å². The maximum Gasteiger partial charge on any atom is 0.534 e. The van der Waals surface area contributed by atoms with Crippen molar-refractivity contribution in [3.05, 3.63) is 23.5 Å². The lowest BCUT2D eigenvalue weighted by Gasteiger charge is -2.57. The number of fused-ring (bicyclic) bond motifs is 5. The van der Waals surface area contributed by atoms with Crippen molar-refractivity contribution in [2.45, 2.75) is 70.4 Å². The standard InChI is InChI=1S/C20H27F3O4S/c1-18-9-7-13(24)11-12(18)3-4-14-15-5-6-17(19(15,2)10-8-16(14)18)27-28(25,26)20(21,22)23/h3,6,13-16,24H,4-5,7-11H2,1-2H3/t13-,14?,15-,16-,18?,19-/m0/s1. The first-order valence-corrected chi connectivity index (χ1v) is 11.4. The van der Waals surface area contributed by atoms with Crippen molar-refractivity contribution in [3.63, 3.8) is 0 Å². The van der Waals surface area contributed by atoms with Crippen LogP contribution in [0.3, 0.4) is 0 Å². The maximum atomic E-state index is 12.8. The number of hydrogen-bond donors (Lipinski definition) is 1. The summed E-state index contributed by atoms with van der Waals surface area (Å²) >= 11 is 0. The van der Waals surface area contributed by atoms with Gasteiger partial charge in [-0.05, 0) is 74.2 Å². The normalized spacial score (nSPS) is 43.4. The minimum atomic E-state index is -5.64. The second kappa shape index (κ2) is 6.24. The van der Waals surface area contributed by atoms with E-state index in [0.29, 0.717) is 25.2 Å². The molecule has 0 aromatic carbocycles. The summed E-state index contributed by atoms with van der Waals surface area (Å²) in [7, 11) is -5.64. The number of rotatable bonds is 2. The molecule has 6 atom stereocenters. The van der Waals surface area contributed by atoms with Gasteiger partial charge >= 0.3 is 15.6 Å². The van der Waals surface area contributed by atoms with Crippen LogP contribution < -0.4 is 0 Å². The van der Waals surface area contributed by atoms with Crippen LogP contribution >= 0.6 is 0 Å². The minimum Gasteiger partial charge on any atom is -0.393 e. The molecule has 0 saturated heterocycles. The van der Waals surface area contributed by atoms with Crippen LogP contribution in [0.1, 0.15) is 58.8 Å². The van der Waals surface area contributed by atoms with Crippen molar-refractivity contribution >= 4 is 10.1 Å². The van der Waals surface area contributed by atoms with Crippen LogP contribution in [0, 0.1) is 28.6 Å². The number of aliphatic hydroxyl groups is 1. The number of aliphatic hydroxyl groups excluding tert-OH is 1. The van der Waals surface area contributed by atoms with Crippen LogP contribution in [0.2, 0.25) is 0 Å². The van der Waals surface area contributed by atoms with Gasteiger partial charge in [0, 0.05) is 5.41 Å². The van der Waals surface area contributed by atoms with Crippen molar-refractivity contribution in [2.24, 2.45) is 28.6 Å². The summed E-state index contributed by atoms with van der Waals surface area (Å²) < 4.78 is 66.1. The molecule has 4 aliphatic rings. The number of alkyl halides is 3. The molecule has 0 heterocycles. The van der Waals surface area contributed by atoms with E-state index in [1.54, 1.807) is 6.08 Å². The molecular formula is C20H27F3O4S. The highest BCUT2D eigenvalue weighted by molar-refractivity contribution is 7.87. The molecule has 0 radical (unpaired) electrons. The molecular weight excluding hydrogens is 393 g/mol. The lowest BCUT2D eigenvalue weighted by Crippen LogP contribution is -2.50. The van der Waals surface area contributed by atoms with Gasteiger partial charge in [-0.25, -0.2) is 0 Å². The summed E-state index contributed by atoms with van der Waals surface area (Å²) in [4.78, 5) is 0. The second-order valence-electron chi connectivity index (χ2n) is 9.40. The third kappa shape index (κ3) is 2.85. The van der Waals surface area contributed by atoms with E-state index in [1.807, 2.05) is 6.92 Å². The first-order valence-electron chi connectivity index (χ1n) is 9.97. The van der Waals surface area contributed by atoms with Gasteiger partial charge in [-0.2, -0.15) is 21.6 Å². The molecule has 4 aliphatic carbocycles. The Balaban J connectivity index is 1.60. The summed E-state index contributed by atoms with van der Waals surface area (Å²) in [6.07, 6.45) is 8.71. The number of halogens is 3. The van der Waals surface area contributed by atoms with Crippen molar-refractivity contribution in [3.8, 4) is 0 Å². The predicted molar refractivity (Wildman–Crippen MR) is 97.2 cm³/mol. The fourth-order valence-electron chi connectivity index (χ4n) is 6.46.